The number of benzene rings is 1. The van der Waals surface area contributed by atoms with E-state index in [1.165, 1.54) is 11.9 Å². The van der Waals surface area contributed by atoms with Crippen LogP contribution < -0.4 is 0 Å². The third-order valence-electron chi connectivity index (χ3n) is 4.43. The highest BCUT2D eigenvalue weighted by Crippen LogP contribution is 2.38. The zero-order chi connectivity index (χ0) is 17.6. The Morgan fingerprint density at radius 1 is 1.32 bits per heavy atom. The molecule has 0 N–H and O–H groups in total. The Hall–Kier alpha value is -2.24. The summed E-state index contributed by atoms with van der Waals surface area (Å²) in [5, 5.41) is 9.54. The summed E-state index contributed by atoms with van der Waals surface area (Å²) in [4.78, 5) is 17.8. The van der Waals surface area contributed by atoms with Crippen LogP contribution in [0.5, 0.6) is 0 Å². The number of carbonyl (C=O) groups is 1. The van der Waals surface area contributed by atoms with Crippen molar-refractivity contribution < 1.29 is 4.79 Å². The van der Waals surface area contributed by atoms with E-state index in [0.29, 0.717) is 11.6 Å². The number of aromatic nitrogens is 1. The van der Waals surface area contributed by atoms with E-state index in [4.69, 9.17) is 11.6 Å². The van der Waals surface area contributed by atoms with Crippen LogP contribution in [0.25, 0.3) is 10.9 Å². The van der Waals surface area contributed by atoms with Crippen LogP contribution in [-0.2, 0) is 4.79 Å². The van der Waals surface area contributed by atoms with Crippen LogP contribution in [0.15, 0.2) is 46.9 Å². The van der Waals surface area contributed by atoms with Gasteiger partial charge in [0.15, 0.2) is 0 Å². The molecule has 0 radical (unpaired) electrons. The molecular weight excluding hydrogens is 354 g/mol. The molecule has 6 heteroatoms. The maximum absolute atomic E-state index is 12.1. The van der Waals surface area contributed by atoms with Crippen LogP contribution in [0.3, 0.4) is 0 Å². The smallest absolute Gasteiger partial charge is 0.240 e. The SMILES string of the molecule is CC(=O)N1N=C(c2cccs2)C[C@@H]1c1cc2cccc(C)c2nc1Cl. The first kappa shape index (κ1) is 16.2. The Labute approximate surface area is 154 Å². The summed E-state index contributed by atoms with van der Waals surface area (Å²) in [5.74, 6) is -0.100. The average Bonchev–Trinajstić information content (AvgIpc) is 3.24. The minimum Gasteiger partial charge on any atom is -0.273 e. The van der Waals surface area contributed by atoms with Gasteiger partial charge >= 0.3 is 0 Å². The number of amides is 1. The second-order valence-corrected chi connectivity index (χ2v) is 7.43. The standard InChI is InChI=1S/C19H16ClN3OS/c1-11-5-3-6-13-9-14(19(20)21-18(11)13)16-10-15(17-7-4-8-25-17)22-23(16)12(2)24/h3-9,16H,10H2,1-2H3/t16-/m1/s1. The summed E-state index contributed by atoms with van der Waals surface area (Å²) in [5.41, 5.74) is 3.72. The molecule has 0 saturated heterocycles. The van der Waals surface area contributed by atoms with Crippen molar-refractivity contribution in [2.24, 2.45) is 5.10 Å². The van der Waals surface area contributed by atoms with Crippen LogP contribution >= 0.6 is 22.9 Å². The molecule has 3 aromatic rings. The quantitative estimate of drug-likeness (QED) is 0.599. The average molecular weight is 370 g/mol. The lowest BCUT2D eigenvalue weighted by molar-refractivity contribution is -0.130. The van der Waals surface area contributed by atoms with Crippen LogP contribution in [0.2, 0.25) is 5.15 Å². The molecule has 126 valence electrons. The third-order valence-corrected chi connectivity index (χ3v) is 5.65. The summed E-state index contributed by atoms with van der Waals surface area (Å²) in [6, 6.07) is 11.9. The van der Waals surface area contributed by atoms with E-state index in [-0.39, 0.29) is 11.9 Å². The summed E-state index contributed by atoms with van der Waals surface area (Å²) in [6.45, 7) is 3.54. The summed E-state index contributed by atoms with van der Waals surface area (Å²) in [6.07, 6.45) is 0.638. The highest BCUT2D eigenvalue weighted by molar-refractivity contribution is 7.12. The molecule has 4 nitrogen and oxygen atoms in total. The zero-order valence-electron chi connectivity index (χ0n) is 13.9. The number of carbonyl (C=O) groups excluding carboxylic acids is 1. The third kappa shape index (κ3) is 2.83. The topological polar surface area (TPSA) is 45.6 Å². The van der Waals surface area contributed by atoms with Crippen LogP contribution in [0.4, 0.5) is 0 Å². The van der Waals surface area contributed by atoms with Crippen molar-refractivity contribution in [2.75, 3.05) is 0 Å². The summed E-state index contributed by atoms with van der Waals surface area (Å²) in [7, 11) is 0. The molecule has 0 saturated carbocycles. The molecule has 0 fully saturated rings. The Kier molecular flexibility index (Phi) is 4.06. The summed E-state index contributed by atoms with van der Waals surface area (Å²) >= 11 is 8.12. The largest absolute Gasteiger partial charge is 0.273 e. The van der Waals surface area contributed by atoms with Gasteiger partial charge in [-0.15, -0.1) is 11.3 Å². The maximum Gasteiger partial charge on any atom is 0.240 e. The minimum absolute atomic E-state index is 0.100. The van der Waals surface area contributed by atoms with Crippen LogP contribution in [0, 0.1) is 6.92 Å². The predicted octanol–water partition coefficient (Wildman–Crippen LogP) is 4.96. The van der Waals surface area contributed by atoms with Gasteiger partial charge in [0, 0.05) is 24.3 Å². The molecule has 0 bridgehead atoms. The van der Waals surface area contributed by atoms with Gasteiger partial charge < -0.3 is 0 Å². The van der Waals surface area contributed by atoms with Gasteiger partial charge in [0.05, 0.1) is 22.1 Å². The van der Waals surface area contributed by atoms with E-state index < -0.39 is 0 Å². The fraction of sp³-hybridized carbons (Fsp3) is 0.211. The van der Waals surface area contributed by atoms with E-state index in [2.05, 4.69) is 10.1 Å². The van der Waals surface area contributed by atoms with E-state index in [1.807, 2.05) is 48.7 Å². The number of rotatable bonds is 2. The van der Waals surface area contributed by atoms with Crippen molar-refractivity contribution in [1.29, 1.82) is 0 Å². The first-order valence-electron chi connectivity index (χ1n) is 8.01. The van der Waals surface area contributed by atoms with Crippen molar-refractivity contribution in [3.63, 3.8) is 0 Å². The first-order chi connectivity index (χ1) is 12.0. The number of aryl methyl sites for hydroxylation is 1. The number of pyridine rings is 1. The molecule has 1 atom stereocenters. The molecule has 0 unspecified atom stereocenters. The zero-order valence-corrected chi connectivity index (χ0v) is 15.4. The number of hydrogen-bond donors (Lipinski definition) is 0. The van der Waals surface area contributed by atoms with Gasteiger partial charge in [-0.05, 0) is 30.0 Å². The fourth-order valence-electron chi connectivity index (χ4n) is 3.21. The molecule has 3 heterocycles. The van der Waals surface area contributed by atoms with Crippen molar-refractivity contribution >= 4 is 45.5 Å². The van der Waals surface area contributed by atoms with E-state index >= 15 is 0 Å². The molecule has 25 heavy (non-hydrogen) atoms. The maximum atomic E-state index is 12.1. The van der Waals surface area contributed by atoms with Crippen molar-refractivity contribution in [1.82, 2.24) is 9.99 Å². The Bertz CT molecular complexity index is 997. The molecule has 0 aliphatic carbocycles. The molecule has 1 aliphatic rings. The van der Waals surface area contributed by atoms with Gasteiger partial charge in [0.2, 0.25) is 5.91 Å². The van der Waals surface area contributed by atoms with Crippen molar-refractivity contribution in [3.05, 3.63) is 62.9 Å². The minimum atomic E-state index is -0.223. The van der Waals surface area contributed by atoms with Gasteiger partial charge in [0.25, 0.3) is 0 Å². The van der Waals surface area contributed by atoms with Gasteiger partial charge in [-0.25, -0.2) is 9.99 Å². The predicted molar refractivity (Wildman–Crippen MR) is 102 cm³/mol. The molecule has 2 aromatic heterocycles. The van der Waals surface area contributed by atoms with Crippen LogP contribution in [0.1, 0.15) is 35.4 Å². The first-order valence-corrected chi connectivity index (χ1v) is 9.27. The Morgan fingerprint density at radius 3 is 2.88 bits per heavy atom. The molecule has 1 amide bonds. The van der Waals surface area contributed by atoms with Gasteiger partial charge in [-0.3, -0.25) is 4.79 Å². The van der Waals surface area contributed by atoms with Gasteiger partial charge in [0.1, 0.15) is 5.15 Å². The second kappa shape index (κ2) is 6.24. The van der Waals surface area contributed by atoms with E-state index in [0.717, 1.165) is 32.6 Å². The monoisotopic (exact) mass is 369 g/mol. The lowest BCUT2D eigenvalue weighted by Gasteiger charge is -2.21. The van der Waals surface area contributed by atoms with E-state index in [9.17, 15) is 4.79 Å². The molecular formula is C19H16ClN3OS. The number of thiophene rings is 1. The normalized spacial score (nSPS) is 17.2. The molecule has 1 aromatic carbocycles. The number of fused-ring (bicyclic) bond motifs is 1. The van der Waals surface area contributed by atoms with E-state index in [1.54, 1.807) is 11.3 Å². The lowest BCUT2D eigenvalue weighted by atomic mass is 10.00. The number of halogens is 1. The Balaban J connectivity index is 1.80. The van der Waals surface area contributed by atoms with Gasteiger partial charge in [-0.1, -0.05) is 35.9 Å². The number of hydrazone groups is 1. The number of hydrogen-bond acceptors (Lipinski definition) is 4. The highest BCUT2D eigenvalue weighted by atomic mass is 35.5. The molecule has 4 rings (SSSR count). The van der Waals surface area contributed by atoms with Crippen molar-refractivity contribution in [2.45, 2.75) is 26.3 Å². The number of nitrogens with zero attached hydrogens (tertiary/aromatic N) is 3. The Morgan fingerprint density at radius 2 is 2.16 bits per heavy atom. The summed E-state index contributed by atoms with van der Waals surface area (Å²) < 4.78 is 0. The fourth-order valence-corrected chi connectivity index (χ4v) is 4.19. The lowest BCUT2D eigenvalue weighted by Crippen LogP contribution is -2.24. The molecule has 1 aliphatic heterocycles. The number of para-hydroxylation sites is 1. The highest BCUT2D eigenvalue weighted by Gasteiger charge is 2.33. The van der Waals surface area contributed by atoms with Crippen LogP contribution in [-0.4, -0.2) is 21.6 Å². The molecule has 0 spiro atoms. The van der Waals surface area contributed by atoms with Gasteiger partial charge in [-0.2, -0.15) is 5.10 Å². The second-order valence-electron chi connectivity index (χ2n) is 6.12. The van der Waals surface area contributed by atoms with Crippen molar-refractivity contribution in [3.8, 4) is 0 Å².